The summed E-state index contributed by atoms with van der Waals surface area (Å²) in [5.74, 6) is -0.783. The molecule has 1 aromatic carbocycles. The topological polar surface area (TPSA) is 49.9 Å². The monoisotopic (exact) mass is 382 g/mol. The van der Waals surface area contributed by atoms with Crippen LogP contribution in [-0.2, 0) is 9.53 Å². The van der Waals surface area contributed by atoms with E-state index in [1.54, 1.807) is 36.1 Å². The number of methoxy groups -OCH3 is 1. The second-order valence-corrected chi connectivity index (χ2v) is 6.86. The largest absolute Gasteiger partial charge is 0.469 e. The number of hydrogen-bond donors (Lipinski definition) is 0. The van der Waals surface area contributed by atoms with Crippen LogP contribution in [0.2, 0.25) is 5.02 Å². The normalized spacial score (nSPS) is 12.1. The highest BCUT2D eigenvalue weighted by Gasteiger charge is 2.22. The minimum Gasteiger partial charge on any atom is -0.469 e. The molecule has 0 aliphatic heterocycles. The summed E-state index contributed by atoms with van der Waals surface area (Å²) in [4.78, 5) is 28.8. The number of carbonyl (C=O) groups excluding carboxylic acids is 2. The molecule has 0 N–H and O–H groups in total. The molecule has 1 amide bonds. The van der Waals surface area contributed by atoms with E-state index in [1.165, 1.54) is 7.11 Å². The zero-order chi connectivity index (χ0) is 19.5. The van der Waals surface area contributed by atoms with Crippen molar-refractivity contribution >= 4 is 23.5 Å². The Morgan fingerprint density at radius 1 is 1.15 bits per heavy atom. The molecular weight excluding hydrogens is 352 g/mol. The van der Waals surface area contributed by atoms with Crippen molar-refractivity contribution in [2.24, 2.45) is 5.92 Å². The van der Waals surface area contributed by atoms with Crippen LogP contribution >= 0.6 is 11.6 Å². The van der Waals surface area contributed by atoms with Gasteiger partial charge in [0.15, 0.2) is 0 Å². The maximum atomic E-state index is 12.9. The molecule has 0 heterocycles. The van der Waals surface area contributed by atoms with Crippen molar-refractivity contribution in [3.63, 3.8) is 0 Å². The maximum Gasteiger partial charge on any atom is 0.310 e. The van der Waals surface area contributed by atoms with Crippen molar-refractivity contribution in [1.29, 1.82) is 0 Å². The Morgan fingerprint density at radius 3 is 2.38 bits per heavy atom. The summed E-state index contributed by atoms with van der Waals surface area (Å²) in [5, 5.41) is 0.526. The van der Waals surface area contributed by atoms with Crippen LogP contribution in [0.25, 0.3) is 0 Å². The van der Waals surface area contributed by atoms with Gasteiger partial charge in [-0.2, -0.15) is 0 Å². The number of unbranched alkanes of at least 4 members (excludes halogenated alkanes) is 1. The van der Waals surface area contributed by atoms with Gasteiger partial charge in [-0.1, -0.05) is 38.4 Å². The molecule has 146 valence electrons. The smallest absolute Gasteiger partial charge is 0.310 e. The Morgan fingerprint density at radius 2 is 1.81 bits per heavy atom. The van der Waals surface area contributed by atoms with E-state index in [-0.39, 0.29) is 17.8 Å². The molecule has 0 saturated heterocycles. The van der Waals surface area contributed by atoms with Crippen molar-refractivity contribution in [2.75, 3.05) is 39.8 Å². The fourth-order valence-corrected chi connectivity index (χ4v) is 3.05. The second kappa shape index (κ2) is 11.9. The first-order valence-electron chi connectivity index (χ1n) is 9.27. The van der Waals surface area contributed by atoms with E-state index in [0.717, 1.165) is 32.5 Å². The molecule has 1 atom stereocenters. The Bertz CT molecular complexity index is 576. The lowest BCUT2D eigenvalue weighted by molar-refractivity contribution is -0.145. The number of amides is 1. The summed E-state index contributed by atoms with van der Waals surface area (Å²) in [6, 6.07) is 6.91. The molecule has 0 saturated carbocycles. The zero-order valence-electron chi connectivity index (χ0n) is 16.3. The summed E-state index contributed by atoms with van der Waals surface area (Å²) >= 11 is 6.02. The molecule has 1 aromatic rings. The lowest BCUT2D eigenvalue weighted by Crippen LogP contribution is -2.38. The Kier molecular flexibility index (Phi) is 10.3. The molecule has 0 aliphatic carbocycles. The third kappa shape index (κ3) is 7.34. The fraction of sp³-hybridized carbons (Fsp3) is 0.600. The molecular formula is C20H31ClN2O3. The number of hydrogen-bond acceptors (Lipinski definition) is 4. The van der Waals surface area contributed by atoms with Crippen molar-refractivity contribution < 1.29 is 14.3 Å². The SMILES string of the molecule is CCN(CC)CCCCN(CC(C)C(=O)OC)C(=O)c1cccc(Cl)c1. The number of halogens is 1. The predicted octanol–water partition coefficient (Wildman–Crippen LogP) is 3.71. The number of esters is 1. The quantitative estimate of drug-likeness (QED) is 0.432. The van der Waals surface area contributed by atoms with E-state index in [4.69, 9.17) is 16.3 Å². The molecule has 0 fully saturated rings. The first-order chi connectivity index (χ1) is 12.4. The van der Waals surface area contributed by atoms with Crippen molar-refractivity contribution in [1.82, 2.24) is 9.80 Å². The van der Waals surface area contributed by atoms with Crippen molar-refractivity contribution in [3.05, 3.63) is 34.9 Å². The van der Waals surface area contributed by atoms with Gasteiger partial charge >= 0.3 is 5.97 Å². The molecule has 6 heteroatoms. The zero-order valence-corrected chi connectivity index (χ0v) is 17.1. The summed E-state index contributed by atoms with van der Waals surface area (Å²) in [5.41, 5.74) is 0.540. The molecule has 0 radical (unpaired) electrons. The minimum absolute atomic E-state index is 0.105. The first kappa shape index (κ1) is 22.5. The highest BCUT2D eigenvalue weighted by atomic mass is 35.5. The Labute approximate surface area is 162 Å². The van der Waals surface area contributed by atoms with Crippen LogP contribution in [0.3, 0.4) is 0 Å². The van der Waals surface area contributed by atoms with Crippen LogP contribution in [0, 0.1) is 5.92 Å². The standard InChI is InChI=1S/C20H31ClN2O3/c1-5-22(6-2)12-7-8-13-23(15-16(3)20(25)26-4)19(24)17-10-9-11-18(21)14-17/h9-11,14,16H,5-8,12-13,15H2,1-4H3. The highest BCUT2D eigenvalue weighted by Crippen LogP contribution is 2.15. The lowest BCUT2D eigenvalue weighted by Gasteiger charge is -2.26. The number of rotatable bonds is 11. The minimum atomic E-state index is -0.370. The van der Waals surface area contributed by atoms with Crippen molar-refractivity contribution in [3.8, 4) is 0 Å². The lowest BCUT2D eigenvalue weighted by atomic mass is 10.1. The van der Waals surface area contributed by atoms with Crippen LogP contribution < -0.4 is 0 Å². The number of nitrogens with zero attached hydrogens (tertiary/aromatic N) is 2. The van der Waals surface area contributed by atoms with Gasteiger partial charge in [0, 0.05) is 23.7 Å². The molecule has 1 unspecified atom stereocenters. The van der Waals surface area contributed by atoms with Crippen molar-refractivity contribution in [2.45, 2.75) is 33.6 Å². The third-order valence-electron chi connectivity index (χ3n) is 4.50. The predicted molar refractivity (Wildman–Crippen MR) is 106 cm³/mol. The van der Waals surface area contributed by atoms with Gasteiger partial charge in [-0.25, -0.2) is 0 Å². The summed E-state index contributed by atoms with van der Waals surface area (Å²) in [6.45, 7) is 10.1. The fourth-order valence-electron chi connectivity index (χ4n) is 2.86. The summed E-state index contributed by atoms with van der Waals surface area (Å²) in [6.07, 6.45) is 1.89. The van der Waals surface area contributed by atoms with Gasteiger partial charge in [-0.05, 0) is 50.7 Å². The van der Waals surface area contributed by atoms with E-state index in [2.05, 4.69) is 18.7 Å². The van der Waals surface area contributed by atoms with Crippen LogP contribution in [0.15, 0.2) is 24.3 Å². The van der Waals surface area contributed by atoms with Gasteiger partial charge in [-0.3, -0.25) is 9.59 Å². The van der Waals surface area contributed by atoms with E-state index in [1.807, 2.05) is 0 Å². The van der Waals surface area contributed by atoms with Crippen LogP contribution in [0.4, 0.5) is 0 Å². The molecule has 5 nitrogen and oxygen atoms in total. The maximum absolute atomic E-state index is 12.9. The average Bonchev–Trinajstić information content (AvgIpc) is 2.65. The highest BCUT2D eigenvalue weighted by molar-refractivity contribution is 6.30. The van der Waals surface area contributed by atoms with Gasteiger partial charge in [-0.15, -0.1) is 0 Å². The van der Waals surface area contributed by atoms with Gasteiger partial charge in [0.1, 0.15) is 0 Å². The van der Waals surface area contributed by atoms with Gasteiger partial charge < -0.3 is 14.5 Å². The van der Waals surface area contributed by atoms with Gasteiger partial charge in [0.05, 0.1) is 13.0 Å². The number of ether oxygens (including phenoxy) is 1. The molecule has 0 aromatic heterocycles. The second-order valence-electron chi connectivity index (χ2n) is 6.42. The van der Waals surface area contributed by atoms with Crippen LogP contribution in [-0.4, -0.2) is 61.5 Å². The van der Waals surface area contributed by atoms with E-state index >= 15 is 0 Å². The molecule has 26 heavy (non-hydrogen) atoms. The third-order valence-corrected chi connectivity index (χ3v) is 4.74. The van der Waals surface area contributed by atoms with E-state index in [9.17, 15) is 9.59 Å². The summed E-state index contributed by atoms with van der Waals surface area (Å²) in [7, 11) is 1.37. The van der Waals surface area contributed by atoms with Gasteiger partial charge in [0.2, 0.25) is 0 Å². The molecule has 0 aliphatic rings. The molecule has 0 spiro atoms. The Hall–Kier alpha value is -1.59. The molecule has 0 bridgehead atoms. The van der Waals surface area contributed by atoms with E-state index < -0.39 is 0 Å². The summed E-state index contributed by atoms with van der Waals surface area (Å²) < 4.78 is 4.80. The average molecular weight is 383 g/mol. The molecule has 1 rings (SSSR count). The van der Waals surface area contributed by atoms with E-state index in [0.29, 0.717) is 23.7 Å². The van der Waals surface area contributed by atoms with Gasteiger partial charge in [0.25, 0.3) is 5.91 Å². The first-order valence-corrected chi connectivity index (χ1v) is 9.65. The van der Waals surface area contributed by atoms with Crippen LogP contribution in [0.1, 0.15) is 44.0 Å². The number of benzene rings is 1. The van der Waals surface area contributed by atoms with Crippen LogP contribution in [0.5, 0.6) is 0 Å². The number of carbonyl (C=O) groups is 2. The Balaban J connectivity index is 2.75.